The van der Waals surface area contributed by atoms with Gasteiger partial charge in [0.2, 0.25) is 0 Å². The van der Waals surface area contributed by atoms with Gasteiger partial charge in [0.1, 0.15) is 5.58 Å². The summed E-state index contributed by atoms with van der Waals surface area (Å²) in [5.74, 6) is 0. The third-order valence-electron chi connectivity index (χ3n) is 24.0. The van der Waals surface area contributed by atoms with E-state index in [0.29, 0.717) is 0 Å². The summed E-state index contributed by atoms with van der Waals surface area (Å²) >= 11 is 0. The Labute approximate surface area is 561 Å². The Kier molecular flexibility index (Phi) is 13.3. The molecule has 0 bridgehead atoms. The van der Waals surface area contributed by atoms with Crippen LogP contribution >= 0.6 is 0 Å². The van der Waals surface area contributed by atoms with Crippen molar-refractivity contribution in [1.82, 2.24) is 0 Å². The highest BCUT2D eigenvalue weighted by Crippen LogP contribution is 2.60. The normalized spacial score (nSPS) is 18.3. The Hall–Kier alpha value is -8.02. The zero-order chi connectivity index (χ0) is 65.8. The van der Waals surface area contributed by atoms with Crippen LogP contribution in [0.5, 0.6) is 0 Å². The van der Waals surface area contributed by atoms with Crippen LogP contribution in [0.4, 0.5) is 51.2 Å². The average molecular weight is 1230 g/mol. The fourth-order valence-corrected chi connectivity index (χ4v) is 18.0. The van der Waals surface area contributed by atoms with E-state index in [2.05, 4.69) is 308 Å². The lowest BCUT2D eigenvalue weighted by atomic mass is 9.35. The van der Waals surface area contributed by atoms with Gasteiger partial charge in [-0.1, -0.05) is 228 Å². The summed E-state index contributed by atoms with van der Waals surface area (Å²) < 4.78 is 7.88. The second-order valence-electron chi connectivity index (χ2n) is 35.1. The number of rotatable bonds is 6. The number of anilines is 9. The number of benzene rings is 9. The van der Waals surface area contributed by atoms with Crippen molar-refractivity contribution in [3.63, 3.8) is 0 Å². The van der Waals surface area contributed by atoms with Crippen LogP contribution < -0.4 is 31.3 Å². The first-order valence-corrected chi connectivity index (χ1v) is 35.5. The Morgan fingerprint density at radius 1 is 0.394 bits per heavy atom. The summed E-state index contributed by atoms with van der Waals surface area (Å²) in [6.45, 7) is 40.4. The zero-order valence-corrected chi connectivity index (χ0v) is 59.2. The highest BCUT2D eigenvalue weighted by molar-refractivity contribution is 7.00. The topological polar surface area (TPSA) is 22.9 Å². The predicted molar refractivity (Wildman–Crippen MR) is 402 cm³/mol. The fraction of sp³-hybridized carbons (Fsp3) is 0.371. The van der Waals surface area contributed by atoms with E-state index in [1.165, 1.54) is 131 Å². The molecule has 0 amide bonds. The molecule has 4 aliphatic carbocycles. The summed E-state index contributed by atoms with van der Waals surface area (Å²) in [5, 5.41) is 1.17. The minimum atomic E-state index is -0.233. The molecule has 1 spiro atoms. The van der Waals surface area contributed by atoms with Crippen LogP contribution in [-0.2, 0) is 43.3 Å². The maximum Gasteiger partial charge on any atom is 0.297 e. The molecule has 0 unspecified atom stereocenters. The molecule has 0 N–H and O–H groups in total. The molecule has 0 radical (unpaired) electrons. The van der Waals surface area contributed by atoms with Crippen molar-refractivity contribution in [3.05, 3.63) is 226 Å². The molecule has 0 atom stereocenters. The molecular formula is C89H96BN3O. The molecular weight excluding hydrogens is 1140 g/mol. The quantitative estimate of drug-likeness (QED) is 0.155. The minimum Gasteiger partial charge on any atom is -0.468 e. The molecule has 5 heteroatoms. The van der Waals surface area contributed by atoms with E-state index in [4.69, 9.17) is 4.42 Å². The van der Waals surface area contributed by atoms with Crippen LogP contribution in [0.15, 0.2) is 180 Å². The number of hydrogen-bond acceptors (Lipinski definition) is 4. The van der Waals surface area contributed by atoms with Gasteiger partial charge >= 0.3 is 0 Å². The van der Waals surface area contributed by atoms with Gasteiger partial charge in [-0.3, -0.25) is 0 Å². The molecule has 476 valence electrons. The Bertz CT molecular complexity index is 4680. The van der Waals surface area contributed by atoms with Gasteiger partial charge < -0.3 is 19.1 Å². The van der Waals surface area contributed by atoms with Crippen molar-refractivity contribution < 1.29 is 4.42 Å². The molecule has 9 aromatic carbocycles. The van der Waals surface area contributed by atoms with Crippen LogP contribution in [0.3, 0.4) is 0 Å². The zero-order valence-electron chi connectivity index (χ0n) is 59.2. The molecule has 0 saturated heterocycles. The van der Waals surface area contributed by atoms with Crippen LogP contribution in [-0.4, -0.2) is 6.71 Å². The van der Waals surface area contributed by atoms with Crippen LogP contribution in [0, 0.1) is 0 Å². The van der Waals surface area contributed by atoms with Crippen molar-refractivity contribution in [2.24, 2.45) is 0 Å². The van der Waals surface area contributed by atoms with Gasteiger partial charge in [-0.15, -0.1) is 0 Å². The van der Waals surface area contributed by atoms with Gasteiger partial charge in [-0.2, -0.15) is 0 Å². The van der Waals surface area contributed by atoms with E-state index in [1.54, 1.807) is 0 Å². The van der Waals surface area contributed by atoms with Gasteiger partial charge in [0.25, 0.3) is 6.71 Å². The molecule has 10 aromatic rings. The van der Waals surface area contributed by atoms with Crippen molar-refractivity contribution in [2.75, 3.05) is 14.7 Å². The maximum atomic E-state index is 7.88. The van der Waals surface area contributed by atoms with Crippen LogP contribution in [0.1, 0.15) is 219 Å². The van der Waals surface area contributed by atoms with Crippen molar-refractivity contribution in [3.8, 4) is 22.3 Å². The first-order chi connectivity index (χ1) is 44.4. The maximum absolute atomic E-state index is 7.88. The molecule has 1 fully saturated rings. The van der Waals surface area contributed by atoms with E-state index in [1.807, 2.05) is 0 Å². The van der Waals surface area contributed by atoms with Gasteiger partial charge in [-0.05, 0) is 239 Å². The molecule has 1 aromatic heterocycles. The van der Waals surface area contributed by atoms with E-state index in [-0.39, 0.29) is 50.0 Å². The molecule has 6 aliphatic rings. The van der Waals surface area contributed by atoms with Gasteiger partial charge in [0, 0.05) is 50.6 Å². The molecule has 4 nitrogen and oxygen atoms in total. The standard InChI is InChI=1S/C89H96BN3O/c1-82(2,3)57-27-34-60(35-28-57)91(61-36-29-58(30-37-61)83(4,5)6)64-51-76-79-77(52-64)93(62-32-24-55(25-33-62)56-26-40-69-71(48-56)86(12,13)45-44-85(69,10)11)80-67-53-72-73(88(16,17)47-46-87(72,14)15)54-78(67)94-81(80)90(79)74-41-31-59(84(7,8)9)49-75(74)92(76)63-38-39-66-65-22-18-19-23-68(65)89(70(66)50-63)42-20-21-43-89/h18-19,22-41,48-54H,20-21,42-47H2,1-17H3. The lowest BCUT2D eigenvalue weighted by molar-refractivity contribution is 0.332. The largest absolute Gasteiger partial charge is 0.468 e. The van der Waals surface area contributed by atoms with Crippen LogP contribution in [0.2, 0.25) is 0 Å². The third-order valence-corrected chi connectivity index (χ3v) is 24.0. The summed E-state index contributed by atoms with van der Waals surface area (Å²) in [6, 6.07) is 70.3. The van der Waals surface area contributed by atoms with Gasteiger partial charge in [0.05, 0.1) is 17.0 Å². The molecule has 16 rings (SSSR count). The molecule has 3 heterocycles. The molecule has 1 saturated carbocycles. The highest BCUT2D eigenvalue weighted by atomic mass is 16.3. The van der Waals surface area contributed by atoms with Gasteiger partial charge in [-0.25, -0.2) is 0 Å². The number of hydrogen-bond donors (Lipinski definition) is 0. The number of fused-ring (bicyclic) bond motifs is 13. The SMILES string of the molecule is CC(C)(C)c1ccc(N(c2ccc(C(C)(C)C)cc2)c2cc3c4c(c2)N(c2ccc(-c5ccc6c(c5)C(C)(C)CCC6(C)C)cc2)c2c(oc5cc6c(cc25)C(C)(C)CCC6(C)C)B4c2ccc(C(C)(C)C)cc2N3c2ccc3c(c2)C2(CCCC2)c2ccccc2-3)cc1. The average Bonchev–Trinajstić information content (AvgIpc) is 1.40. The summed E-state index contributed by atoms with van der Waals surface area (Å²) in [6.07, 6.45) is 9.42. The summed E-state index contributed by atoms with van der Waals surface area (Å²) in [5.41, 5.74) is 32.8. The predicted octanol–water partition coefficient (Wildman–Crippen LogP) is 23.1. The molecule has 94 heavy (non-hydrogen) atoms. The van der Waals surface area contributed by atoms with Crippen molar-refractivity contribution in [1.29, 1.82) is 0 Å². The van der Waals surface area contributed by atoms with E-state index in [0.717, 1.165) is 71.1 Å². The highest BCUT2D eigenvalue weighted by Gasteiger charge is 2.51. The Balaban J connectivity index is 1.01. The summed E-state index contributed by atoms with van der Waals surface area (Å²) in [7, 11) is 0. The van der Waals surface area contributed by atoms with E-state index < -0.39 is 0 Å². The lowest BCUT2D eigenvalue weighted by Gasteiger charge is -2.44. The first kappa shape index (κ1) is 60.9. The smallest absolute Gasteiger partial charge is 0.297 e. The van der Waals surface area contributed by atoms with E-state index in [9.17, 15) is 0 Å². The second-order valence-corrected chi connectivity index (χ2v) is 35.1. The lowest BCUT2D eigenvalue weighted by Crippen LogP contribution is -2.61. The number of nitrogens with zero attached hydrogens (tertiary/aromatic N) is 3. The second kappa shape index (κ2) is 20.5. The Morgan fingerprint density at radius 3 is 1.50 bits per heavy atom. The van der Waals surface area contributed by atoms with Crippen LogP contribution in [0.25, 0.3) is 33.2 Å². The molecule has 2 aliphatic heterocycles. The first-order valence-electron chi connectivity index (χ1n) is 35.5. The summed E-state index contributed by atoms with van der Waals surface area (Å²) in [4.78, 5) is 7.87. The fourth-order valence-electron chi connectivity index (χ4n) is 18.0. The van der Waals surface area contributed by atoms with Crippen molar-refractivity contribution in [2.45, 2.75) is 212 Å². The minimum absolute atomic E-state index is 0.0101. The third kappa shape index (κ3) is 9.33. The monoisotopic (exact) mass is 1230 g/mol. The van der Waals surface area contributed by atoms with Gasteiger partial charge in [0.15, 0.2) is 0 Å². The number of furan rings is 1. The Morgan fingerprint density at radius 2 is 0.904 bits per heavy atom. The van der Waals surface area contributed by atoms with Crippen molar-refractivity contribution >= 4 is 85.5 Å². The van der Waals surface area contributed by atoms with E-state index >= 15 is 0 Å².